The van der Waals surface area contributed by atoms with Crippen molar-refractivity contribution in [3.63, 3.8) is 0 Å². The van der Waals surface area contributed by atoms with Gasteiger partial charge in [0, 0.05) is 31.1 Å². The summed E-state index contributed by atoms with van der Waals surface area (Å²) in [5.41, 5.74) is 1.94. The number of rotatable bonds is 5. The molecule has 1 heterocycles. The summed E-state index contributed by atoms with van der Waals surface area (Å²) in [5.74, 6) is 1.20. The van der Waals surface area contributed by atoms with Crippen LogP contribution in [0.3, 0.4) is 0 Å². The van der Waals surface area contributed by atoms with E-state index >= 15 is 0 Å². The number of nitriles is 1. The smallest absolute Gasteiger partial charge is 0.120 e. The fourth-order valence-corrected chi connectivity index (χ4v) is 3.89. The molecule has 1 aliphatic rings. The van der Waals surface area contributed by atoms with Crippen LogP contribution in [0.1, 0.15) is 37.4 Å². The molecule has 0 aliphatic heterocycles. The van der Waals surface area contributed by atoms with E-state index in [2.05, 4.69) is 30.1 Å². The van der Waals surface area contributed by atoms with Gasteiger partial charge in [-0.15, -0.1) is 0 Å². The molecule has 18 heavy (non-hydrogen) atoms. The molecule has 2 atom stereocenters. The molecule has 1 fully saturated rings. The average molecular weight is 263 g/mol. The quantitative estimate of drug-likeness (QED) is 0.888. The number of hydrogen-bond acceptors (Lipinski definition) is 3. The third kappa shape index (κ3) is 3.09. The number of aromatic nitrogens is 1. The van der Waals surface area contributed by atoms with Crippen LogP contribution in [0.15, 0.2) is 12.3 Å². The van der Waals surface area contributed by atoms with Crippen LogP contribution in [0, 0.1) is 11.3 Å². The van der Waals surface area contributed by atoms with Gasteiger partial charge in [0.2, 0.25) is 0 Å². The number of hydrogen-bond donors (Lipinski definition) is 1. The lowest BCUT2D eigenvalue weighted by Crippen LogP contribution is -2.33. The average Bonchev–Trinajstić information content (AvgIpc) is 2.94. The molecule has 1 saturated carbocycles. The van der Waals surface area contributed by atoms with E-state index in [1.165, 1.54) is 30.6 Å². The largest absolute Gasteiger partial charge is 0.342 e. The lowest BCUT2D eigenvalue weighted by molar-refractivity contribution is 0.532. The Bertz CT molecular complexity index is 433. The van der Waals surface area contributed by atoms with E-state index in [-0.39, 0.29) is 0 Å². The second kappa shape index (κ2) is 6.31. The molecule has 98 valence electrons. The highest BCUT2D eigenvalue weighted by atomic mass is 32.2. The van der Waals surface area contributed by atoms with Crippen LogP contribution in [0.25, 0.3) is 0 Å². The van der Waals surface area contributed by atoms with Gasteiger partial charge in [0.25, 0.3) is 0 Å². The lowest BCUT2D eigenvalue weighted by Gasteiger charge is -2.19. The van der Waals surface area contributed by atoms with Gasteiger partial charge in [0.15, 0.2) is 0 Å². The lowest BCUT2D eigenvalue weighted by atomic mass is 10.2. The van der Waals surface area contributed by atoms with Crippen LogP contribution in [-0.2, 0) is 13.6 Å². The van der Waals surface area contributed by atoms with Gasteiger partial charge in [0.1, 0.15) is 11.8 Å². The van der Waals surface area contributed by atoms with E-state index in [9.17, 15) is 0 Å². The monoisotopic (exact) mass is 263 g/mol. The van der Waals surface area contributed by atoms with E-state index in [1.807, 2.05) is 23.9 Å². The van der Waals surface area contributed by atoms with Crippen molar-refractivity contribution < 1.29 is 0 Å². The first-order chi connectivity index (χ1) is 8.74. The fraction of sp³-hybridized carbons (Fsp3) is 0.643. The Labute approximate surface area is 114 Å². The Hall–Kier alpha value is -0.920. The number of thioether (sulfide) groups is 1. The first-order valence-corrected chi connectivity index (χ1v) is 7.69. The number of nitrogens with zero attached hydrogens (tertiary/aromatic N) is 2. The third-order valence-electron chi connectivity index (χ3n) is 3.58. The maximum Gasteiger partial charge on any atom is 0.120 e. The van der Waals surface area contributed by atoms with Crippen molar-refractivity contribution in [2.24, 2.45) is 7.05 Å². The second-order valence-electron chi connectivity index (χ2n) is 4.87. The van der Waals surface area contributed by atoms with Gasteiger partial charge in [-0.3, -0.25) is 0 Å². The van der Waals surface area contributed by atoms with Gasteiger partial charge >= 0.3 is 0 Å². The Morgan fingerprint density at radius 3 is 3.06 bits per heavy atom. The number of aryl methyl sites for hydroxylation is 1. The van der Waals surface area contributed by atoms with Gasteiger partial charge < -0.3 is 9.88 Å². The Balaban J connectivity index is 1.89. The molecule has 0 radical (unpaired) electrons. The van der Waals surface area contributed by atoms with Crippen LogP contribution in [0.5, 0.6) is 0 Å². The molecule has 0 aromatic carbocycles. The van der Waals surface area contributed by atoms with Crippen molar-refractivity contribution in [1.82, 2.24) is 9.88 Å². The van der Waals surface area contributed by atoms with Crippen molar-refractivity contribution in [1.29, 1.82) is 5.26 Å². The van der Waals surface area contributed by atoms with Gasteiger partial charge in [-0.25, -0.2) is 0 Å². The number of nitrogens with one attached hydrogen (secondary N) is 1. The first-order valence-electron chi connectivity index (χ1n) is 6.65. The molecule has 1 aliphatic carbocycles. The summed E-state index contributed by atoms with van der Waals surface area (Å²) in [7, 11) is 1.92. The Kier molecular flexibility index (Phi) is 4.73. The van der Waals surface area contributed by atoms with Gasteiger partial charge in [0.05, 0.1) is 0 Å². The zero-order chi connectivity index (χ0) is 13.0. The normalized spacial score (nSPS) is 23.2. The maximum atomic E-state index is 8.93. The van der Waals surface area contributed by atoms with Crippen LogP contribution in [0.2, 0.25) is 0 Å². The molecule has 0 bridgehead atoms. The van der Waals surface area contributed by atoms with Crippen molar-refractivity contribution in [2.45, 2.75) is 44.0 Å². The Morgan fingerprint density at radius 1 is 1.56 bits per heavy atom. The molecule has 4 heteroatoms. The second-order valence-corrected chi connectivity index (χ2v) is 6.38. The van der Waals surface area contributed by atoms with Gasteiger partial charge in [-0.05, 0) is 30.2 Å². The zero-order valence-electron chi connectivity index (χ0n) is 11.1. The summed E-state index contributed by atoms with van der Waals surface area (Å²) in [5, 5.41) is 13.4. The summed E-state index contributed by atoms with van der Waals surface area (Å²) in [6.45, 7) is 3.11. The highest BCUT2D eigenvalue weighted by Crippen LogP contribution is 2.30. The van der Waals surface area contributed by atoms with Crippen LogP contribution in [-0.4, -0.2) is 21.6 Å². The minimum Gasteiger partial charge on any atom is -0.342 e. The van der Waals surface area contributed by atoms with Crippen molar-refractivity contribution >= 4 is 11.8 Å². The minimum atomic E-state index is 0.640. The Morgan fingerprint density at radius 2 is 2.39 bits per heavy atom. The van der Waals surface area contributed by atoms with E-state index in [1.54, 1.807) is 0 Å². The van der Waals surface area contributed by atoms with Crippen molar-refractivity contribution in [3.8, 4) is 6.07 Å². The van der Waals surface area contributed by atoms with Gasteiger partial charge in [-0.2, -0.15) is 17.0 Å². The summed E-state index contributed by atoms with van der Waals surface area (Å²) in [6, 6.07) is 4.82. The molecular formula is C14H21N3S. The molecule has 2 unspecified atom stereocenters. The maximum absolute atomic E-state index is 8.93. The molecule has 2 rings (SSSR count). The molecular weight excluding hydrogens is 242 g/mol. The van der Waals surface area contributed by atoms with E-state index in [4.69, 9.17) is 5.26 Å². The minimum absolute atomic E-state index is 0.640. The third-order valence-corrected chi connectivity index (χ3v) is 4.90. The standard InChI is InChI=1S/C14H21N3S/c1-3-18-14-6-4-5-13(14)16-9-11-7-12(8-15)17(2)10-11/h7,10,13-14,16H,3-6,9H2,1-2H3. The van der Waals surface area contributed by atoms with Crippen molar-refractivity contribution in [2.75, 3.05) is 5.75 Å². The highest BCUT2D eigenvalue weighted by Gasteiger charge is 2.26. The van der Waals surface area contributed by atoms with Crippen LogP contribution < -0.4 is 5.32 Å². The topological polar surface area (TPSA) is 40.8 Å². The van der Waals surface area contributed by atoms with E-state index in [0.29, 0.717) is 6.04 Å². The SMILES string of the molecule is CCSC1CCCC1NCc1cc(C#N)n(C)c1. The van der Waals surface area contributed by atoms with Crippen molar-refractivity contribution in [3.05, 3.63) is 23.5 Å². The summed E-state index contributed by atoms with van der Waals surface area (Å²) < 4.78 is 1.89. The first kappa shape index (κ1) is 13.5. The predicted octanol–water partition coefficient (Wildman–Crippen LogP) is 2.66. The molecule has 1 N–H and O–H groups in total. The predicted molar refractivity (Wildman–Crippen MR) is 76.5 cm³/mol. The van der Waals surface area contributed by atoms with E-state index in [0.717, 1.165) is 17.5 Å². The summed E-state index contributed by atoms with van der Waals surface area (Å²) in [4.78, 5) is 0. The molecule has 0 amide bonds. The molecule has 0 saturated heterocycles. The van der Waals surface area contributed by atoms with Crippen LogP contribution >= 0.6 is 11.8 Å². The highest BCUT2D eigenvalue weighted by molar-refractivity contribution is 7.99. The zero-order valence-corrected chi connectivity index (χ0v) is 12.0. The van der Waals surface area contributed by atoms with Gasteiger partial charge in [-0.1, -0.05) is 13.3 Å². The molecule has 3 nitrogen and oxygen atoms in total. The molecule has 0 spiro atoms. The summed E-state index contributed by atoms with van der Waals surface area (Å²) >= 11 is 2.07. The molecule has 1 aromatic rings. The van der Waals surface area contributed by atoms with E-state index < -0.39 is 0 Å². The molecule has 1 aromatic heterocycles. The fourth-order valence-electron chi connectivity index (χ4n) is 2.66. The summed E-state index contributed by atoms with van der Waals surface area (Å²) in [6.07, 6.45) is 6.01. The van der Waals surface area contributed by atoms with Crippen LogP contribution in [0.4, 0.5) is 0 Å².